The lowest BCUT2D eigenvalue weighted by atomic mass is 10.1. The summed E-state index contributed by atoms with van der Waals surface area (Å²) in [5.41, 5.74) is 1.18. The summed E-state index contributed by atoms with van der Waals surface area (Å²) in [4.78, 5) is 12.0. The molecule has 2 N–H and O–H groups in total. The number of carbonyl (C=O) groups is 1. The van der Waals surface area contributed by atoms with Crippen molar-refractivity contribution in [2.24, 2.45) is 7.05 Å². The van der Waals surface area contributed by atoms with Gasteiger partial charge in [0.25, 0.3) is 5.91 Å². The van der Waals surface area contributed by atoms with E-state index in [2.05, 4.69) is 15.5 Å². The fourth-order valence-electron chi connectivity index (χ4n) is 1.69. The highest BCUT2D eigenvalue weighted by Crippen LogP contribution is 2.17. The van der Waals surface area contributed by atoms with Crippen molar-refractivity contribution in [2.75, 3.05) is 0 Å². The molecule has 6 nitrogen and oxygen atoms in total. The molecule has 1 amide bonds. The van der Waals surface area contributed by atoms with Crippen molar-refractivity contribution in [3.63, 3.8) is 0 Å². The maximum atomic E-state index is 12.0. The third-order valence-corrected chi connectivity index (χ3v) is 2.99. The zero-order valence-corrected chi connectivity index (χ0v) is 11.1. The van der Waals surface area contributed by atoms with Crippen molar-refractivity contribution in [3.8, 4) is 5.75 Å². The molecule has 0 bridgehead atoms. The van der Waals surface area contributed by atoms with E-state index in [0.717, 1.165) is 11.4 Å². The van der Waals surface area contributed by atoms with Gasteiger partial charge in [0.15, 0.2) is 5.82 Å². The molecule has 0 atom stereocenters. The Morgan fingerprint density at radius 3 is 2.74 bits per heavy atom. The number of hydrogen-bond donors (Lipinski definition) is 2. The minimum Gasteiger partial charge on any atom is -0.507 e. The number of aromatic hydroxyl groups is 1. The molecule has 6 heteroatoms. The number of phenols is 1. The summed E-state index contributed by atoms with van der Waals surface area (Å²) in [5, 5.41) is 20.2. The highest BCUT2D eigenvalue weighted by Gasteiger charge is 2.12. The first kappa shape index (κ1) is 13.1. The first-order valence-corrected chi connectivity index (χ1v) is 5.91. The minimum atomic E-state index is -0.332. The zero-order chi connectivity index (χ0) is 14.0. The number of hydrogen-bond acceptors (Lipinski definition) is 4. The van der Waals surface area contributed by atoms with E-state index < -0.39 is 0 Å². The van der Waals surface area contributed by atoms with Crippen molar-refractivity contribution >= 4 is 5.91 Å². The Balaban J connectivity index is 2.09. The summed E-state index contributed by atoms with van der Waals surface area (Å²) in [6.45, 7) is 3.97. The number of benzene rings is 1. The third-order valence-electron chi connectivity index (χ3n) is 2.99. The molecule has 2 rings (SSSR count). The van der Waals surface area contributed by atoms with Crippen LogP contribution >= 0.6 is 0 Å². The molecule has 1 heterocycles. The van der Waals surface area contributed by atoms with E-state index in [1.54, 1.807) is 16.7 Å². The van der Waals surface area contributed by atoms with Crippen LogP contribution in [-0.4, -0.2) is 25.8 Å². The standard InChI is InChI=1S/C13H16N4O2/c1-8-4-5-11(18)10(6-8)13(19)14-7-12-16-15-9(2)17(12)3/h4-6,18H,7H2,1-3H3,(H,14,19). The summed E-state index contributed by atoms with van der Waals surface area (Å²) in [6, 6.07) is 4.90. The van der Waals surface area contributed by atoms with Gasteiger partial charge in [-0.25, -0.2) is 0 Å². The van der Waals surface area contributed by atoms with Crippen LogP contribution in [0.5, 0.6) is 5.75 Å². The number of amides is 1. The van der Waals surface area contributed by atoms with E-state index in [9.17, 15) is 9.90 Å². The molecule has 1 aromatic carbocycles. The van der Waals surface area contributed by atoms with Crippen LogP contribution in [0, 0.1) is 13.8 Å². The number of phenolic OH excluding ortho intramolecular Hbond substituents is 1. The molecule has 0 aliphatic rings. The fourth-order valence-corrected chi connectivity index (χ4v) is 1.69. The summed E-state index contributed by atoms with van der Waals surface area (Å²) in [7, 11) is 1.83. The number of aryl methyl sites for hydroxylation is 2. The fraction of sp³-hybridized carbons (Fsp3) is 0.308. The van der Waals surface area contributed by atoms with Crippen molar-refractivity contribution < 1.29 is 9.90 Å². The lowest BCUT2D eigenvalue weighted by molar-refractivity contribution is 0.0947. The Labute approximate surface area is 111 Å². The van der Waals surface area contributed by atoms with Crippen molar-refractivity contribution in [2.45, 2.75) is 20.4 Å². The molecule has 0 spiro atoms. The predicted molar refractivity (Wildman–Crippen MR) is 69.8 cm³/mol. The molecule has 0 aliphatic heterocycles. The first-order chi connectivity index (χ1) is 8.99. The average molecular weight is 260 g/mol. The van der Waals surface area contributed by atoms with Gasteiger partial charge in [-0.1, -0.05) is 11.6 Å². The maximum Gasteiger partial charge on any atom is 0.255 e. The van der Waals surface area contributed by atoms with Gasteiger partial charge >= 0.3 is 0 Å². The summed E-state index contributed by atoms with van der Waals surface area (Å²) in [6.07, 6.45) is 0. The van der Waals surface area contributed by atoms with Gasteiger partial charge in [0.2, 0.25) is 0 Å². The minimum absolute atomic E-state index is 0.0303. The Morgan fingerprint density at radius 1 is 1.37 bits per heavy atom. The number of nitrogens with zero attached hydrogens (tertiary/aromatic N) is 3. The van der Waals surface area contributed by atoms with E-state index in [1.165, 1.54) is 6.07 Å². The predicted octanol–water partition coefficient (Wildman–Crippen LogP) is 1.07. The highest BCUT2D eigenvalue weighted by molar-refractivity contribution is 5.96. The molecular formula is C13H16N4O2. The topological polar surface area (TPSA) is 80.0 Å². The first-order valence-electron chi connectivity index (χ1n) is 5.91. The second-order valence-electron chi connectivity index (χ2n) is 4.43. The molecule has 19 heavy (non-hydrogen) atoms. The SMILES string of the molecule is Cc1ccc(O)c(C(=O)NCc2nnc(C)n2C)c1. The van der Waals surface area contributed by atoms with Crippen LogP contribution in [0.15, 0.2) is 18.2 Å². The highest BCUT2D eigenvalue weighted by atomic mass is 16.3. The second-order valence-corrected chi connectivity index (χ2v) is 4.43. The van der Waals surface area contributed by atoms with Gasteiger partial charge in [-0.05, 0) is 26.0 Å². The molecule has 1 aromatic heterocycles. The Morgan fingerprint density at radius 2 is 2.11 bits per heavy atom. The number of rotatable bonds is 3. The normalized spacial score (nSPS) is 10.5. The van der Waals surface area contributed by atoms with Gasteiger partial charge in [-0.3, -0.25) is 4.79 Å². The summed E-state index contributed by atoms with van der Waals surface area (Å²) < 4.78 is 1.80. The molecule has 0 fully saturated rings. The Bertz CT molecular complexity index is 619. The van der Waals surface area contributed by atoms with Crippen LogP contribution in [0.4, 0.5) is 0 Å². The average Bonchev–Trinajstić information content (AvgIpc) is 2.70. The number of carbonyl (C=O) groups excluding carboxylic acids is 1. The van der Waals surface area contributed by atoms with Crippen molar-refractivity contribution in [3.05, 3.63) is 41.0 Å². The van der Waals surface area contributed by atoms with Crippen molar-refractivity contribution in [1.82, 2.24) is 20.1 Å². The Kier molecular flexibility index (Phi) is 3.50. The van der Waals surface area contributed by atoms with Crippen LogP contribution in [0.2, 0.25) is 0 Å². The maximum absolute atomic E-state index is 12.0. The van der Waals surface area contributed by atoms with E-state index in [4.69, 9.17) is 0 Å². The van der Waals surface area contributed by atoms with E-state index in [-0.39, 0.29) is 23.8 Å². The number of aromatic nitrogens is 3. The van der Waals surface area contributed by atoms with Gasteiger partial charge in [0, 0.05) is 7.05 Å². The second kappa shape index (κ2) is 5.09. The quantitative estimate of drug-likeness (QED) is 0.865. The summed E-state index contributed by atoms with van der Waals surface area (Å²) in [5.74, 6) is 1.08. The molecule has 0 unspecified atom stereocenters. The largest absolute Gasteiger partial charge is 0.507 e. The van der Waals surface area contributed by atoms with Gasteiger partial charge in [0.05, 0.1) is 12.1 Å². The monoisotopic (exact) mass is 260 g/mol. The van der Waals surface area contributed by atoms with E-state index in [1.807, 2.05) is 20.9 Å². The molecule has 0 aliphatic carbocycles. The van der Waals surface area contributed by atoms with Crippen LogP contribution in [0.3, 0.4) is 0 Å². The third kappa shape index (κ3) is 2.73. The van der Waals surface area contributed by atoms with Gasteiger partial charge in [-0.2, -0.15) is 0 Å². The van der Waals surface area contributed by atoms with Gasteiger partial charge in [0.1, 0.15) is 11.6 Å². The molecule has 0 saturated heterocycles. The van der Waals surface area contributed by atoms with E-state index >= 15 is 0 Å². The van der Waals surface area contributed by atoms with Crippen LogP contribution in [0.25, 0.3) is 0 Å². The van der Waals surface area contributed by atoms with Crippen LogP contribution in [-0.2, 0) is 13.6 Å². The van der Waals surface area contributed by atoms with Gasteiger partial charge < -0.3 is 15.0 Å². The summed E-state index contributed by atoms with van der Waals surface area (Å²) >= 11 is 0. The molecule has 0 radical (unpaired) electrons. The Hall–Kier alpha value is -2.37. The van der Waals surface area contributed by atoms with Crippen molar-refractivity contribution in [1.29, 1.82) is 0 Å². The lowest BCUT2D eigenvalue weighted by Crippen LogP contribution is -2.24. The van der Waals surface area contributed by atoms with Crippen LogP contribution in [0.1, 0.15) is 27.6 Å². The lowest BCUT2D eigenvalue weighted by Gasteiger charge is -2.07. The number of nitrogens with one attached hydrogen (secondary N) is 1. The van der Waals surface area contributed by atoms with Crippen LogP contribution < -0.4 is 5.32 Å². The molecular weight excluding hydrogens is 244 g/mol. The zero-order valence-electron chi connectivity index (χ0n) is 11.1. The molecule has 100 valence electrons. The molecule has 2 aromatic rings. The smallest absolute Gasteiger partial charge is 0.255 e. The van der Waals surface area contributed by atoms with E-state index in [0.29, 0.717) is 5.82 Å². The van der Waals surface area contributed by atoms with Gasteiger partial charge in [-0.15, -0.1) is 10.2 Å². The molecule has 0 saturated carbocycles.